The molecule has 0 saturated carbocycles. The minimum atomic E-state index is -0.462. The molecule has 1 aliphatic heterocycles. The van der Waals surface area contributed by atoms with Crippen LogP contribution in [-0.2, 0) is 9.59 Å². The van der Waals surface area contributed by atoms with Gasteiger partial charge in [-0.2, -0.15) is 0 Å². The Bertz CT molecular complexity index is 589. The highest BCUT2D eigenvalue weighted by Gasteiger charge is 2.34. The van der Waals surface area contributed by atoms with E-state index in [1.165, 1.54) is 11.8 Å². The van der Waals surface area contributed by atoms with Gasteiger partial charge in [-0.3, -0.25) is 19.5 Å². The number of hydrogen-bond acceptors (Lipinski definition) is 4. The number of nitrogens with zero attached hydrogens (tertiary/aromatic N) is 2. The molecule has 0 aliphatic carbocycles. The van der Waals surface area contributed by atoms with Gasteiger partial charge in [0.15, 0.2) is 5.17 Å². The van der Waals surface area contributed by atoms with Gasteiger partial charge in [-0.25, -0.2) is 0 Å². The fourth-order valence-electron chi connectivity index (χ4n) is 2.08. The third-order valence-electron chi connectivity index (χ3n) is 3.15. The minimum Gasteiger partial charge on any atom is -0.325 e. The largest absolute Gasteiger partial charge is 0.325 e. The second kappa shape index (κ2) is 7.65. The van der Waals surface area contributed by atoms with Crippen molar-refractivity contribution in [2.75, 3.05) is 18.4 Å². The van der Waals surface area contributed by atoms with Crippen LogP contribution in [0.4, 0.5) is 5.69 Å². The second-order valence-corrected chi connectivity index (χ2v) is 6.31. The quantitative estimate of drug-likeness (QED) is 0.917. The Morgan fingerprint density at radius 1 is 1.41 bits per heavy atom. The van der Waals surface area contributed by atoms with E-state index in [2.05, 4.69) is 10.3 Å². The fraction of sp³-hybridized carbons (Fsp3) is 0.400. The van der Waals surface area contributed by atoms with E-state index < -0.39 is 5.25 Å². The molecule has 1 aromatic carbocycles. The monoisotopic (exact) mass is 339 g/mol. The van der Waals surface area contributed by atoms with Gasteiger partial charge >= 0.3 is 0 Å². The van der Waals surface area contributed by atoms with Crippen LogP contribution in [0, 0.1) is 0 Å². The molecular formula is C15H18ClN3O2S. The molecule has 1 atom stereocenters. The molecule has 0 bridgehead atoms. The summed E-state index contributed by atoms with van der Waals surface area (Å²) in [5.41, 5.74) is 0.661. The molecule has 0 unspecified atom stereocenters. The summed E-state index contributed by atoms with van der Waals surface area (Å²) in [6.07, 6.45) is 0.181. The van der Waals surface area contributed by atoms with Crippen LogP contribution in [-0.4, -0.2) is 40.2 Å². The predicted molar refractivity (Wildman–Crippen MR) is 91.4 cm³/mol. The van der Waals surface area contributed by atoms with Crippen LogP contribution in [0.25, 0.3) is 0 Å². The molecule has 1 aromatic rings. The molecule has 1 fully saturated rings. The first-order valence-corrected chi connectivity index (χ1v) is 8.38. The van der Waals surface area contributed by atoms with E-state index in [9.17, 15) is 9.59 Å². The number of amides is 2. The zero-order chi connectivity index (χ0) is 16.1. The van der Waals surface area contributed by atoms with Crippen molar-refractivity contribution in [3.63, 3.8) is 0 Å². The molecule has 22 heavy (non-hydrogen) atoms. The predicted octanol–water partition coefficient (Wildman–Crippen LogP) is 3.01. The zero-order valence-electron chi connectivity index (χ0n) is 12.5. The van der Waals surface area contributed by atoms with E-state index in [1.807, 2.05) is 13.8 Å². The lowest BCUT2D eigenvalue weighted by molar-refractivity contribution is -0.129. The van der Waals surface area contributed by atoms with E-state index in [1.54, 1.807) is 29.2 Å². The number of halogens is 1. The Hall–Kier alpha value is -1.53. The first kappa shape index (κ1) is 16.8. The van der Waals surface area contributed by atoms with Crippen molar-refractivity contribution in [1.82, 2.24) is 4.90 Å². The summed E-state index contributed by atoms with van der Waals surface area (Å²) in [5.74, 6) is -0.259. The summed E-state index contributed by atoms with van der Waals surface area (Å²) in [4.78, 5) is 30.5. The van der Waals surface area contributed by atoms with Gasteiger partial charge in [-0.15, -0.1) is 0 Å². The summed E-state index contributed by atoms with van der Waals surface area (Å²) >= 11 is 7.16. The van der Waals surface area contributed by atoms with Crippen molar-refractivity contribution in [2.24, 2.45) is 4.99 Å². The highest BCUT2D eigenvalue weighted by atomic mass is 35.5. The number of aliphatic imine (C=N–C) groups is 1. The van der Waals surface area contributed by atoms with Crippen LogP contribution in [0.3, 0.4) is 0 Å². The zero-order valence-corrected chi connectivity index (χ0v) is 14.1. The van der Waals surface area contributed by atoms with Gasteiger partial charge < -0.3 is 5.32 Å². The van der Waals surface area contributed by atoms with Crippen molar-refractivity contribution >= 4 is 46.0 Å². The van der Waals surface area contributed by atoms with Gasteiger partial charge in [0.05, 0.1) is 0 Å². The molecule has 1 aliphatic rings. The van der Waals surface area contributed by atoms with Crippen LogP contribution >= 0.6 is 23.4 Å². The first-order valence-electron chi connectivity index (χ1n) is 7.13. The molecule has 1 saturated heterocycles. The minimum absolute atomic E-state index is 0.0651. The SMILES string of the molecule is CCN=C1S[C@H](C(=O)Nc2ccc(Cl)cc2)CC(=O)N1CC. The number of rotatable bonds is 4. The molecule has 0 spiro atoms. The second-order valence-electron chi connectivity index (χ2n) is 4.70. The maximum absolute atomic E-state index is 12.4. The molecule has 2 rings (SSSR count). The van der Waals surface area contributed by atoms with Crippen molar-refractivity contribution in [2.45, 2.75) is 25.5 Å². The van der Waals surface area contributed by atoms with Crippen LogP contribution in [0.5, 0.6) is 0 Å². The van der Waals surface area contributed by atoms with Crippen molar-refractivity contribution in [1.29, 1.82) is 0 Å². The number of benzene rings is 1. The maximum Gasteiger partial charge on any atom is 0.238 e. The van der Waals surface area contributed by atoms with Gasteiger partial charge in [0.1, 0.15) is 5.25 Å². The number of hydrogen-bond donors (Lipinski definition) is 1. The van der Waals surface area contributed by atoms with Crippen molar-refractivity contribution < 1.29 is 9.59 Å². The number of anilines is 1. The van der Waals surface area contributed by atoms with Gasteiger partial charge in [0, 0.05) is 30.2 Å². The Labute approximate surface area is 139 Å². The lowest BCUT2D eigenvalue weighted by Gasteiger charge is -2.30. The fourth-order valence-corrected chi connectivity index (χ4v) is 3.41. The molecule has 0 radical (unpaired) electrons. The Balaban J connectivity index is 2.08. The summed E-state index contributed by atoms with van der Waals surface area (Å²) in [5, 5.41) is 3.58. The molecule has 5 nitrogen and oxygen atoms in total. The molecule has 1 N–H and O–H groups in total. The normalized spacial score (nSPS) is 20.3. The van der Waals surface area contributed by atoms with Gasteiger partial charge in [-0.1, -0.05) is 23.4 Å². The van der Waals surface area contributed by atoms with E-state index in [-0.39, 0.29) is 18.2 Å². The summed E-state index contributed by atoms with van der Waals surface area (Å²) in [7, 11) is 0. The highest BCUT2D eigenvalue weighted by molar-refractivity contribution is 8.15. The lowest BCUT2D eigenvalue weighted by Crippen LogP contribution is -2.45. The van der Waals surface area contributed by atoms with E-state index >= 15 is 0 Å². The van der Waals surface area contributed by atoms with Gasteiger partial charge in [0.25, 0.3) is 0 Å². The van der Waals surface area contributed by atoms with Crippen LogP contribution in [0.15, 0.2) is 29.3 Å². The van der Waals surface area contributed by atoms with Crippen LogP contribution < -0.4 is 5.32 Å². The van der Waals surface area contributed by atoms with Crippen molar-refractivity contribution in [3.8, 4) is 0 Å². The smallest absolute Gasteiger partial charge is 0.238 e. The molecule has 118 valence electrons. The Morgan fingerprint density at radius 2 is 2.09 bits per heavy atom. The third-order valence-corrected chi connectivity index (χ3v) is 4.63. The topological polar surface area (TPSA) is 61.8 Å². The number of amidine groups is 1. The van der Waals surface area contributed by atoms with Gasteiger partial charge in [-0.05, 0) is 38.1 Å². The van der Waals surface area contributed by atoms with E-state index in [0.29, 0.717) is 29.0 Å². The van der Waals surface area contributed by atoms with Crippen LogP contribution in [0.2, 0.25) is 5.02 Å². The molecule has 7 heteroatoms. The number of carbonyl (C=O) groups excluding carboxylic acids is 2. The average Bonchev–Trinajstić information content (AvgIpc) is 2.49. The standard InChI is InChI=1S/C15H18ClN3O2S/c1-3-17-15-19(4-2)13(20)9-12(22-15)14(21)18-11-7-5-10(16)6-8-11/h5-8,12H,3-4,9H2,1-2H3,(H,18,21)/t12-/m0/s1. The lowest BCUT2D eigenvalue weighted by atomic mass is 10.2. The maximum atomic E-state index is 12.4. The van der Waals surface area contributed by atoms with Crippen LogP contribution in [0.1, 0.15) is 20.3 Å². The number of carbonyl (C=O) groups is 2. The van der Waals surface area contributed by atoms with Crippen molar-refractivity contribution in [3.05, 3.63) is 29.3 Å². The molecular weight excluding hydrogens is 322 g/mol. The highest BCUT2D eigenvalue weighted by Crippen LogP contribution is 2.27. The number of nitrogens with one attached hydrogen (secondary N) is 1. The summed E-state index contributed by atoms with van der Waals surface area (Å²) < 4.78 is 0. The third kappa shape index (κ3) is 4.01. The Kier molecular flexibility index (Phi) is 5.85. The first-order chi connectivity index (χ1) is 10.5. The molecule has 0 aromatic heterocycles. The van der Waals surface area contributed by atoms with E-state index in [0.717, 1.165) is 0 Å². The average molecular weight is 340 g/mol. The number of thioether (sulfide) groups is 1. The van der Waals surface area contributed by atoms with Gasteiger partial charge in [0.2, 0.25) is 11.8 Å². The molecule has 2 amide bonds. The molecule has 1 heterocycles. The van der Waals surface area contributed by atoms with E-state index in [4.69, 9.17) is 11.6 Å². The Morgan fingerprint density at radius 3 is 2.68 bits per heavy atom. The summed E-state index contributed by atoms with van der Waals surface area (Å²) in [6.45, 7) is 4.95. The summed E-state index contributed by atoms with van der Waals surface area (Å²) in [6, 6.07) is 6.88.